The first-order chi connectivity index (χ1) is 12.8. The van der Waals surface area contributed by atoms with Gasteiger partial charge in [0.2, 0.25) is 11.8 Å². The normalized spacial score (nSPS) is 10.2. The lowest BCUT2D eigenvalue weighted by atomic mass is 10.2. The number of nitrogens with zero attached hydrogens (tertiary/aromatic N) is 1. The molecule has 27 heavy (non-hydrogen) atoms. The maximum atomic E-state index is 12.1. The third kappa shape index (κ3) is 6.13. The van der Waals surface area contributed by atoms with E-state index < -0.39 is 17.7 Å². The Morgan fingerprint density at radius 3 is 2.33 bits per heavy atom. The molecule has 2 aromatic rings. The predicted octanol–water partition coefficient (Wildman–Crippen LogP) is 3.47. The van der Waals surface area contributed by atoms with Crippen molar-refractivity contribution in [3.63, 3.8) is 0 Å². The Balaban J connectivity index is 1.84. The number of nitrogens with one attached hydrogen (secondary N) is 2. The molecule has 0 heterocycles. The molecule has 0 saturated heterocycles. The van der Waals surface area contributed by atoms with Crippen LogP contribution in [0.25, 0.3) is 0 Å². The van der Waals surface area contributed by atoms with Crippen LogP contribution in [-0.2, 0) is 9.59 Å². The largest absolute Gasteiger partial charge is 0.343 e. The van der Waals surface area contributed by atoms with Crippen molar-refractivity contribution in [2.45, 2.75) is 0 Å². The van der Waals surface area contributed by atoms with Crippen LogP contribution >= 0.6 is 34.8 Å². The van der Waals surface area contributed by atoms with E-state index in [0.717, 1.165) is 0 Å². The topological polar surface area (TPSA) is 78.5 Å². The van der Waals surface area contributed by atoms with Gasteiger partial charge in [-0.05, 0) is 30.3 Å². The summed E-state index contributed by atoms with van der Waals surface area (Å²) in [4.78, 5) is 37.4. The summed E-state index contributed by atoms with van der Waals surface area (Å²) in [7, 11) is 1.46. The highest BCUT2D eigenvalue weighted by molar-refractivity contribution is 6.42. The van der Waals surface area contributed by atoms with Gasteiger partial charge in [0.1, 0.15) is 0 Å². The maximum Gasteiger partial charge on any atom is 0.253 e. The van der Waals surface area contributed by atoms with E-state index in [4.69, 9.17) is 34.8 Å². The fraction of sp³-hybridized carbons (Fsp3) is 0.167. The number of rotatable bonds is 6. The Bertz CT molecular complexity index is 874. The van der Waals surface area contributed by atoms with Crippen LogP contribution in [0.5, 0.6) is 0 Å². The lowest BCUT2D eigenvalue weighted by molar-refractivity contribution is -0.132. The van der Waals surface area contributed by atoms with Crippen LogP contribution in [0.2, 0.25) is 15.1 Å². The molecule has 0 spiro atoms. The second-order valence-electron chi connectivity index (χ2n) is 5.59. The Labute approximate surface area is 171 Å². The van der Waals surface area contributed by atoms with Crippen LogP contribution in [0.4, 0.5) is 5.69 Å². The minimum absolute atomic E-state index is 0.193. The van der Waals surface area contributed by atoms with Gasteiger partial charge in [0, 0.05) is 12.7 Å². The molecule has 0 bridgehead atoms. The molecule has 6 nitrogen and oxygen atoms in total. The number of amides is 3. The fourth-order valence-corrected chi connectivity index (χ4v) is 2.63. The minimum atomic E-state index is -0.470. The standard InChI is InChI=1S/C18H16Cl3N3O3/c1-24(10-16(25)23-11-6-7-14(20)15(21)8-11)17(26)9-22-18(27)12-4-2-3-5-13(12)19/h2-8H,9-10H2,1H3,(H,22,27)(H,23,25). The summed E-state index contributed by atoms with van der Waals surface area (Å²) in [6.07, 6.45) is 0. The van der Waals surface area contributed by atoms with Crippen molar-refractivity contribution in [1.82, 2.24) is 10.2 Å². The van der Waals surface area contributed by atoms with E-state index in [2.05, 4.69) is 10.6 Å². The van der Waals surface area contributed by atoms with Crippen molar-refractivity contribution >= 4 is 58.2 Å². The number of carbonyl (C=O) groups is 3. The molecule has 2 N–H and O–H groups in total. The van der Waals surface area contributed by atoms with Gasteiger partial charge in [0.05, 0.1) is 33.7 Å². The van der Waals surface area contributed by atoms with Gasteiger partial charge in [-0.15, -0.1) is 0 Å². The number of hydrogen-bond donors (Lipinski definition) is 2. The Morgan fingerprint density at radius 1 is 0.963 bits per heavy atom. The highest BCUT2D eigenvalue weighted by Gasteiger charge is 2.16. The van der Waals surface area contributed by atoms with Crippen LogP contribution in [-0.4, -0.2) is 42.8 Å². The van der Waals surface area contributed by atoms with E-state index in [1.54, 1.807) is 36.4 Å². The van der Waals surface area contributed by atoms with Crippen molar-refractivity contribution in [2.24, 2.45) is 0 Å². The van der Waals surface area contributed by atoms with Gasteiger partial charge < -0.3 is 15.5 Å². The quantitative estimate of drug-likeness (QED) is 0.739. The third-order valence-electron chi connectivity index (χ3n) is 3.53. The van der Waals surface area contributed by atoms with Crippen LogP contribution in [0, 0.1) is 0 Å². The summed E-state index contributed by atoms with van der Waals surface area (Å²) in [5, 5.41) is 6.06. The minimum Gasteiger partial charge on any atom is -0.343 e. The zero-order chi connectivity index (χ0) is 20.0. The number of anilines is 1. The average Bonchev–Trinajstić information content (AvgIpc) is 2.62. The first kappa shape index (κ1) is 21.0. The van der Waals surface area contributed by atoms with Gasteiger partial charge in [-0.3, -0.25) is 14.4 Å². The smallest absolute Gasteiger partial charge is 0.253 e. The summed E-state index contributed by atoms with van der Waals surface area (Å²) in [6.45, 7) is -0.457. The molecule has 2 rings (SSSR count). The van der Waals surface area contributed by atoms with E-state index in [9.17, 15) is 14.4 Å². The Kier molecular flexibility index (Phi) is 7.47. The summed E-state index contributed by atoms with van der Waals surface area (Å²) in [5.41, 5.74) is 0.731. The molecule has 0 aromatic heterocycles. The van der Waals surface area contributed by atoms with Gasteiger partial charge in [0.25, 0.3) is 5.91 Å². The lowest BCUT2D eigenvalue weighted by Gasteiger charge is -2.17. The van der Waals surface area contributed by atoms with Crippen LogP contribution in [0.3, 0.4) is 0 Å². The monoisotopic (exact) mass is 427 g/mol. The van der Waals surface area contributed by atoms with Crippen molar-refractivity contribution in [1.29, 1.82) is 0 Å². The van der Waals surface area contributed by atoms with E-state index in [-0.39, 0.29) is 23.7 Å². The first-order valence-corrected chi connectivity index (χ1v) is 8.93. The fourth-order valence-electron chi connectivity index (χ4n) is 2.11. The molecule has 0 atom stereocenters. The molecule has 0 aliphatic heterocycles. The molecule has 2 aromatic carbocycles. The second kappa shape index (κ2) is 9.60. The van der Waals surface area contributed by atoms with Crippen molar-refractivity contribution in [3.8, 4) is 0 Å². The molecule has 0 saturated carbocycles. The molecule has 3 amide bonds. The lowest BCUT2D eigenvalue weighted by Crippen LogP contribution is -2.41. The Morgan fingerprint density at radius 2 is 1.67 bits per heavy atom. The Hall–Kier alpha value is -2.28. The van der Waals surface area contributed by atoms with E-state index in [1.165, 1.54) is 18.0 Å². The van der Waals surface area contributed by atoms with Gasteiger partial charge >= 0.3 is 0 Å². The number of benzene rings is 2. The van der Waals surface area contributed by atoms with Crippen LogP contribution < -0.4 is 10.6 Å². The highest BCUT2D eigenvalue weighted by atomic mass is 35.5. The van der Waals surface area contributed by atoms with Gasteiger partial charge in [0.15, 0.2) is 0 Å². The number of likely N-dealkylation sites (N-methyl/N-ethyl adjacent to an activating group) is 1. The maximum absolute atomic E-state index is 12.1. The molecular weight excluding hydrogens is 413 g/mol. The first-order valence-electron chi connectivity index (χ1n) is 7.79. The highest BCUT2D eigenvalue weighted by Crippen LogP contribution is 2.24. The van der Waals surface area contributed by atoms with E-state index >= 15 is 0 Å². The predicted molar refractivity (Wildman–Crippen MR) is 107 cm³/mol. The van der Waals surface area contributed by atoms with Crippen LogP contribution in [0.1, 0.15) is 10.4 Å². The number of carbonyl (C=O) groups excluding carboxylic acids is 3. The number of halogens is 3. The molecule has 0 radical (unpaired) electrons. The number of hydrogen-bond acceptors (Lipinski definition) is 3. The van der Waals surface area contributed by atoms with Crippen LogP contribution in [0.15, 0.2) is 42.5 Å². The average molecular weight is 429 g/mol. The molecule has 0 aliphatic carbocycles. The van der Waals surface area contributed by atoms with E-state index in [0.29, 0.717) is 15.7 Å². The van der Waals surface area contributed by atoms with E-state index in [1.807, 2.05) is 0 Å². The molecule has 0 fully saturated rings. The zero-order valence-corrected chi connectivity index (χ0v) is 16.5. The third-order valence-corrected chi connectivity index (χ3v) is 4.60. The summed E-state index contributed by atoms with van der Waals surface area (Å²) in [5.74, 6) is -1.32. The van der Waals surface area contributed by atoms with Gasteiger partial charge in [-0.25, -0.2) is 0 Å². The van der Waals surface area contributed by atoms with Gasteiger partial charge in [-0.2, -0.15) is 0 Å². The summed E-state index contributed by atoms with van der Waals surface area (Å²) < 4.78 is 0. The SMILES string of the molecule is CN(CC(=O)Nc1ccc(Cl)c(Cl)c1)C(=O)CNC(=O)c1ccccc1Cl. The zero-order valence-electron chi connectivity index (χ0n) is 14.3. The summed E-state index contributed by atoms with van der Waals surface area (Å²) >= 11 is 17.6. The van der Waals surface area contributed by atoms with Crippen molar-refractivity contribution < 1.29 is 14.4 Å². The van der Waals surface area contributed by atoms with Crippen molar-refractivity contribution in [2.75, 3.05) is 25.5 Å². The van der Waals surface area contributed by atoms with Gasteiger partial charge in [-0.1, -0.05) is 46.9 Å². The molecular formula is C18H16Cl3N3O3. The molecule has 9 heteroatoms. The molecule has 0 unspecified atom stereocenters. The second-order valence-corrected chi connectivity index (χ2v) is 6.81. The van der Waals surface area contributed by atoms with Crippen molar-refractivity contribution in [3.05, 3.63) is 63.1 Å². The summed E-state index contributed by atoms with van der Waals surface area (Å²) in [6, 6.07) is 11.2. The molecule has 0 aliphatic rings. The molecule has 142 valence electrons.